The molecule has 96 valence electrons. The summed E-state index contributed by atoms with van der Waals surface area (Å²) >= 11 is 0. The molecule has 0 amide bonds. The fourth-order valence-electron chi connectivity index (χ4n) is 2.76. The van der Waals surface area contributed by atoms with E-state index in [1.807, 2.05) is 13.8 Å². The molecule has 0 spiro atoms. The van der Waals surface area contributed by atoms with Crippen molar-refractivity contribution in [1.82, 2.24) is 0 Å². The summed E-state index contributed by atoms with van der Waals surface area (Å²) in [5, 5.41) is 0. The number of nitrogens with zero attached hydrogens (tertiary/aromatic N) is 1. The Morgan fingerprint density at radius 1 is 1.06 bits per heavy atom. The molecule has 1 rings (SSSR count). The highest BCUT2D eigenvalue weighted by Gasteiger charge is 2.35. The molecule has 0 bridgehead atoms. The lowest BCUT2D eigenvalue weighted by molar-refractivity contribution is -0.973. The standard InChI is InChI=1S/C13H28NO2/c1-5-14(10-8-7-9-11-14)12(3)16-13(4)15-6-2/h12-13H,5-11H2,1-4H3/q+1. The van der Waals surface area contributed by atoms with Crippen LogP contribution < -0.4 is 0 Å². The molecule has 1 fully saturated rings. The lowest BCUT2D eigenvalue weighted by atomic mass is 10.1. The molecule has 3 nitrogen and oxygen atoms in total. The first-order chi connectivity index (χ1) is 7.64. The van der Waals surface area contributed by atoms with Crippen molar-refractivity contribution in [2.75, 3.05) is 26.2 Å². The average Bonchev–Trinajstić information content (AvgIpc) is 2.30. The van der Waals surface area contributed by atoms with Gasteiger partial charge in [-0.3, -0.25) is 4.48 Å². The molecule has 0 radical (unpaired) electrons. The number of quaternary nitrogens is 1. The molecule has 16 heavy (non-hydrogen) atoms. The van der Waals surface area contributed by atoms with Gasteiger partial charge in [0.15, 0.2) is 12.5 Å². The summed E-state index contributed by atoms with van der Waals surface area (Å²) in [5.41, 5.74) is 0. The van der Waals surface area contributed by atoms with Gasteiger partial charge < -0.3 is 9.47 Å². The summed E-state index contributed by atoms with van der Waals surface area (Å²) in [6.45, 7) is 12.9. The van der Waals surface area contributed by atoms with Gasteiger partial charge in [-0.1, -0.05) is 0 Å². The van der Waals surface area contributed by atoms with Crippen LogP contribution in [0.15, 0.2) is 0 Å². The number of likely N-dealkylation sites (tertiary alicyclic amines) is 1. The smallest absolute Gasteiger partial charge is 0.193 e. The van der Waals surface area contributed by atoms with Gasteiger partial charge in [0.05, 0.1) is 19.6 Å². The highest BCUT2D eigenvalue weighted by Crippen LogP contribution is 2.24. The van der Waals surface area contributed by atoms with E-state index in [1.54, 1.807) is 0 Å². The fraction of sp³-hybridized carbons (Fsp3) is 1.00. The molecule has 1 aliphatic rings. The first kappa shape index (κ1) is 13.9. The van der Waals surface area contributed by atoms with Crippen molar-refractivity contribution in [3.8, 4) is 0 Å². The number of piperidine rings is 1. The van der Waals surface area contributed by atoms with Crippen molar-refractivity contribution in [3.63, 3.8) is 0 Å². The molecule has 1 aliphatic heterocycles. The van der Waals surface area contributed by atoms with Crippen LogP contribution in [0.1, 0.15) is 47.0 Å². The highest BCUT2D eigenvalue weighted by atomic mass is 16.7. The maximum atomic E-state index is 5.97. The first-order valence-electron chi connectivity index (χ1n) is 6.77. The van der Waals surface area contributed by atoms with Gasteiger partial charge in [0, 0.05) is 13.5 Å². The molecular weight excluding hydrogens is 202 g/mol. The van der Waals surface area contributed by atoms with Crippen LogP contribution in [-0.2, 0) is 9.47 Å². The summed E-state index contributed by atoms with van der Waals surface area (Å²) in [5.74, 6) is 0. The Morgan fingerprint density at radius 2 is 1.69 bits per heavy atom. The van der Waals surface area contributed by atoms with Gasteiger partial charge in [-0.05, 0) is 40.0 Å². The van der Waals surface area contributed by atoms with Crippen molar-refractivity contribution in [1.29, 1.82) is 0 Å². The minimum Gasteiger partial charge on any atom is -0.353 e. The monoisotopic (exact) mass is 230 g/mol. The first-order valence-corrected chi connectivity index (χ1v) is 6.77. The van der Waals surface area contributed by atoms with Crippen molar-refractivity contribution < 1.29 is 14.0 Å². The van der Waals surface area contributed by atoms with Crippen molar-refractivity contribution in [2.45, 2.75) is 59.5 Å². The van der Waals surface area contributed by atoms with Crippen LogP contribution in [0.4, 0.5) is 0 Å². The second-order valence-corrected chi connectivity index (χ2v) is 4.80. The number of hydrogen-bond acceptors (Lipinski definition) is 2. The molecule has 1 saturated heterocycles. The van der Waals surface area contributed by atoms with Crippen LogP contribution in [0.3, 0.4) is 0 Å². The maximum absolute atomic E-state index is 5.97. The Balaban J connectivity index is 2.50. The minimum absolute atomic E-state index is 0.0801. The summed E-state index contributed by atoms with van der Waals surface area (Å²) in [6.07, 6.45) is 4.23. The topological polar surface area (TPSA) is 18.5 Å². The lowest BCUT2D eigenvalue weighted by Crippen LogP contribution is -2.58. The summed E-state index contributed by atoms with van der Waals surface area (Å²) in [7, 11) is 0. The van der Waals surface area contributed by atoms with Gasteiger partial charge in [-0.15, -0.1) is 0 Å². The van der Waals surface area contributed by atoms with E-state index in [9.17, 15) is 0 Å². The second kappa shape index (κ2) is 6.58. The van der Waals surface area contributed by atoms with Crippen molar-refractivity contribution in [3.05, 3.63) is 0 Å². The normalized spacial score (nSPS) is 24.0. The van der Waals surface area contributed by atoms with E-state index in [0.29, 0.717) is 0 Å². The summed E-state index contributed by atoms with van der Waals surface area (Å²) in [6, 6.07) is 0. The van der Waals surface area contributed by atoms with E-state index >= 15 is 0 Å². The van der Waals surface area contributed by atoms with Crippen molar-refractivity contribution >= 4 is 0 Å². The molecule has 0 aromatic rings. The summed E-state index contributed by atoms with van der Waals surface area (Å²) in [4.78, 5) is 0. The number of rotatable bonds is 6. The molecule has 1 heterocycles. The minimum atomic E-state index is -0.0801. The Kier molecular flexibility index (Phi) is 5.73. The van der Waals surface area contributed by atoms with Crippen LogP contribution >= 0.6 is 0 Å². The lowest BCUT2D eigenvalue weighted by Gasteiger charge is -2.45. The van der Waals surface area contributed by atoms with Crippen LogP contribution in [-0.4, -0.2) is 43.2 Å². The van der Waals surface area contributed by atoms with E-state index in [-0.39, 0.29) is 12.5 Å². The van der Waals surface area contributed by atoms with Gasteiger partial charge >= 0.3 is 0 Å². The molecule has 0 aromatic carbocycles. The Bertz CT molecular complexity index is 190. The number of hydrogen-bond donors (Lipinski definition) is 0. The Labute approximate surface area is 100 Å². The molecule has 3 heteroatoms. The predicted molar refractivity (Wildman–Crippen MR) is 66.0 cm³/mol. The quantitative estimate of drug-likeness (QED) is 0.516. The van der Waals surface area contributed by atoms with E-state index in [2.05, 4.69) is 13.8 Å². The Hall–Kier alpha value is -0.120. The van der Waals surface area contributed by atoms with E-state index in [4.69, 9.17) is 9.47 Å². The third-order valence-electron chi connectivity index (χ3n) is 3.90. The Morgan fingerprint density at radius 3 is 2.19 bits per heavy atom. The van der Waals surface area contributed by atoms with E-state index in [0.717, 1.165) is 11.1 Å². The van der Waals surface area contributed by atoms with Gasteiger partial charge in [0.25, 0.3) is 0 Å². The molecular formula is C13H28NO2+. The molecule has 0 saturated carbocycles. The SMILES string of the molecule is CCOC(C)OC(C)[N+]1(CC)CCCCC1. The zero-order valence-electron chi connectivity index (χ0n) is 11.4. The van der Waals surface area contributed by atoms with Crippen LogP contribution in [0.5, 0.6) is 0 Å². The third kappa shape index (κ3) is 3.44. The zero-order chi connectivity index (χ0) is 12.0. The average molecular weight is 230 g/mol. The summed E-state index contributed by atoms with van der Waals surface area (Å²) < 4.78 is 12.5. The third-order valence-corrected chi connectivity index (χ3v) is 3.90. The highest BCUT2D eigenvalue weighted by molar-refractivity contribution is 4.55. The maximum Gasteiger partial charge on any atom is 0.193 e. The van der Waals surface area contributed by atoms with E-state index < -0.39 is 0 Å². The van der Waals surface area contributed by atoms with Crippen LogP contribution in [0, 0.1) is 0 Å². The zero-order valence-corrected chi connectivity index (χ0v) is 11.4. The predicted octanol–water partition coefficient (Wildman–Crippen LogP) is 2.75. The van der Waals surface area contributed by atoms with Crippen molar-refractivity contribution in [2.24, 2.45) is 0 Å². The van der Waals surface area contributed by atoms with E-state index in [1.165, 1.54) is 38.9 Å². The largest absolute Gasteiger partial charge is 0.353 e. The fourth-order valence-corrected chi connectivity index (χ4v) is 2.76. The molecule has 0 aromatic heterocycles. The molecule has 0 N–H and O–H groups in total. The second-order valence-electron chi connectivity index (χ2n) is 4.80. The van der Waals surface area contributed by atoms with Gasteiger partial charge in [0.1, 0.15) is 0 Å². The molecule has 2 unspecified atom stereocenters. The number of ether oxygens (including phenoxy) is 2. The molecule has 0 aliphatic carbocycles. The van der Waals surface area contributed by atoms with Crippen LogP contribution in [0.25, 0.3) is 0 Å². The van der Waals surface area contributed by atoms with Gasteiger partial charge in [0.2, 0.25) is 0 Å². The van der Waals surface area contributed by atoms with Gasteiger partial charge in [-0.2, -0.15) is 0 Å². The van der Waals surface area contributed by atoms with Gasteiger partial charge in [-0.25, -0.2) is 0 Å². The van der Waals surface area contributed by atoms with Crippen LogP contribution in [0.2, 0.25) is 0 Å². The molecule has 2 atom stereocenters.